The van der Waals surface area contributed by atoms with Crippen molar-refractivity contribution in [3.63, 3.8) is 0 Å². The SMILES string of the molecule is CC(C)/C=N\NC(=O)COc1ccc(Cl)cc1Cl. The molecule has 0 bridgehead atoms. The lowest BCUT2D eigenvalue weighted by atomic mass is 10.3. The summed E-state index contributed by atoms with van der Waals surface area (Å²) >= 11 is 11.6. The van der Waals surface area contributed by atoms with Gasteiger partial charge in [0.25, 0.3) is 5.91 Å². The van der Waals surface area contributed by atoms with E-state index in [1.54, 1.807) is 24.4 Å². The standard InChI is InChI=1S/C12H14Cl2N2O2/c1-8(2)6-15-16-12(17)7-18-11-4-3-9(13)5-10(11)14/h3-6,8H,7H2,1-2H3,(H,16,17)/b15-6-. The number of nitrogens with zero attached hydrogens (tertiary/aromatic N) is 1. The highest BCUT2D eigenvalue weighted by molar-refractivity contribution is 6.35. The zero-order chi connectivity index (χ0) is 13.5. The van der Waals surface area contributed by atoms with Gasteiger partial charge in [0.15, 0.2) is 6.61 Å². The van der Waals surface area contributed by atoms with Crippen LogP contribution in [0.4, 0.5) is 0 Å². The Kier molecular flexibility index (Phi) is 5.95. The molecule has 0 unspecified atom stereocenters. The number of ether oxygens (including phenoxy) is 1. The molecule has 18 heavy (non-hydrogen) atoms. The first kappa shape index (κ1) is 14.8. The molecule has 1 rings (SSSR count). The van der Waals surface area contributed by atoms with Crippen LogP contribution in [0.2, 0.25) is 10.0 Å². The molecule has 1 aromatic rings. The number of carbonyl (C=O) groups excluding carboxylic acids is 1. The summed E-state index contributed by atoms with van der Waals surface area (Å²) in [6, 6.07) is 4.79. The molecule has 0 atom stereocenters. The van der Waals surface area contributed by atoms with E-state index in [0.717, 1.165) is 0 Å². The van der Waals surface area contributed by atoms with E-state index < -0.39 is 0 Å². The van der Waals surface area contributed by atoms with Crippen LogP contribution in [0.1, 0.15) is 13.8 Å². The predicted octanol–water partition coefficient (Wildman–Crippen LogP) is 3.13. The van der Waals surface area contributed by atoms with Gasteiger partial charge in [-0.05, 0) is 24.1 Å². The van der Waals surface area contributed by atoms with Gasteiger partial charge in [0.2, 0.25) is 0 Å². The molecule has 4 nitrogen and oxygen atoms in total. The zero-order valence-electron chi connectivity index (χ0n) is 10.1. The monoisotopic (exact) mass is 288 g/mol. The normalized spacial score (nSPS) is 10.9. The second-order valence-electron chi connectivity index (χ2n) is 3.92. The van der Waals surface area contributed by atoms with Crippen LogP contribution in [-0.2, 0) is 4.79 Å². The number of hydrogen-bond donors (Lipinski definition) is 1. The zero-order valence-corrected chi connectivity index (χ0v) is 11.6. The van der Waals surface area contributed by atoms with E-state index in [1.165, 1.54) is 0 Å². The Morgan fingerprint density at radius 1 is 1.50 bits per heavy atom. The van der Waals surface area contributed by atoms with Crippen LogP contribution in [0.15, 0.2) is 23.3 Å². The molecule has 0 aliphatic carbocycles. The smallest absolute Gasteiger partial charge is 0.277 e. The molecule has 1 N–H and O–H groups in total. The van der Waals surface area contributed by atoms with Gasteiger partial charge < -0.3 is 4.74 Å². The molecule has 98 valence electrons. The fourth-order valence-electron chi connectivity index (χ4n) is 1.03. The minimum absolute atomic E-state index is 0.156. The third-order valence-electron chi connectivity index (χ3n) is 1.81. The van der Waals surface area contributed by atoms with Crippen LogP contribution in [0.25, 0.3) is 0 Å². The van der Waals surface area contributed by atoms with Crippen LogP contribution in [0.5, 0.6) is 5.75 Å². The molecule has 0 radical (unpaired) electrons. The summed E-state index contributed by atoms with van der Waals surface area (Å²) in [6.07, 6.45) is 1.63. The van der Waals surface area contributed by atoms with Crippen LogP contribution >= 0.6 is 23.2 Å². The number of carbonyl (C=O) groups is 1. The Labute approximate surface area is 116 Å². The maximum Gasteiger partial charge on any atom is 0.277 e. The minimum atomic E-state index is -0.349. The first-order valence-electron chi connectivity index (χ1n) is 5.39. The summed E-state index contributed by atoms with van der Waals surface area (Å²) in [4.78, 5) is 11.4. The van der Waals surface area contributed by atoms with Gasteiger partial charge in [0.1, 0.15) is 5.75 Å². The first-order chi connectivity index (χ1) is 8.49. The van der Waals surface area contributed by atoms with Crippen molar-refractivity contribution in [2.24, 2.45) is 11.0 Å². The summed E-state index contributed by atoms with van der Waals surface area (Å²) in [5, 5.41) is 4.64. The van der Waals surface area contributed by atoms with Gasteiger partial charge in [-0.3, -0.25) is 4.79 Å². The van der Waals surface area contributed by atoms with Crippen molar-refractivity contribution >= 4 is 35.3 Å². The Morgan fingerprint density at radius 2 is 2.22 bits per heavy atom. The lowest BCUT2D eigenvalue weighted by molar-refractivity contribution is -0.123. The molecule has 1 aromatic carbocycles. The Hall–Kier alpha value is -1.26. The molecule has 0 aliphatic heterocycles. The molecule has 1 amide bonds. The quantitative estimate of drug-likeness (QED) is 0.668. The molecular formula is C12H14Cl2N2O2. The van der Waals surface area contributed by atoms with Crippen molar-refractivity contribution in [2.45, 2.75) is 13.8 Å². The maximum absolute atomic E-state index is 11.4. The molecule has 0 spiro atoms. The molecule has 0 saturated carbocycles. The van der Waals surface area contributed by atoms with Crippen molar-refractivity contribution in [3.8, 4) is 5.75 Å². The molecule has 0 fully saturated rings. The summed E-state index contributed by atoms with van der Waals surface area (Å²) in [5.41, 5.74) is 2.35. The average Bonchev–Trinajstić information content (AvgIpc) is 2.27. The highest BCUT2D eigenvalue weighted by Crippen LogP contribution is 2.27. The maximum atomic E-state index is 11.4. The predicted molar refractivity (Wildman–Crippen MR) is 73.4 cm³/mol. The first-order valence-corrected chi connectivity index (χ1v) is 6.14. The summed E-state index contributed by atoms with van der Waals surface area (Å²) < 4.78 is 5.23. The van der Waals surface area contributed by atoms with E-state index in [0.29, 0.717) is 15.8 Å². The molecule has 6 heteroatoms. The minimum Gasteiger partial charge on any atom is -0.482 e. The molecule has 0 aliphatic rings. The van der Waals surface area contributed by atoms with Crippen LogP contribution < -0.4 is 10.2 Å². The van der Waals surface area contributed by atoms with Crippen molar-refractivity contribution in [1.29, 1.82) is 0 Å². The number of amides is 1. The van der Waals surface area contributed by atoms with Crippen LogP contribution in [0.3, 0.4) is 0 Å². The second kappa shape index (κ2) is 7.24. The topological polar surface area (TPSA) is 50.7 Å². The van der Waals surface area contributed by atoms with Crippen LogP contribution in [-0.4, -0.2) is 18.7 Å². The number of halogens is 2. The van der Waals surface area contributed by atoms with Gasteiger partial charge in [0.05, 0.1) is 5.02 Å². The fourth-order valence-corrected chi connectivity index (χ4v) is 1.49. The number of benzene rings is 1. The van der Waals surface area contributed by atoms with Gasteiger partial charge in [0, 0.05) is 11.2 Å². The van der Waals surface area contributed by atoms with Crippen molar-refractivity contribution < 1.29 is 9.53 Å². The molecule has 0 heterocycles. The number of hydrogen-bond acceptors (Lipinski definition) is 3. The third kappa shape index (κ3) is 5.38. The lowest BCUT2D eigenvalue weighted by Crippen LogP contribution is -2.24. The second-order valence-corrected chi connectivity index (χ2v) is 4.76. The highest BCUT2D eigenvalue weighted by atomic mass is 35.5. The van der Waals surface area contributed by atoms with E-state index in [1.807, 2.05) is 13.8 Å². The lowest BCUT2D eigenvalue weighted by Gasteiger charge is -2.07. The largest absolute Gasteiger partial charge is 0.482 e. The average molecular weight is 289 g/mol. The van der Waals surface area contributed by atoms with Crippen molar-refractivity contribution in [1.82, 2.24) is 5.43 Å². The van der Waals surface area contributed by atoms with Crippen molar-refractivity contribution in [3.05, 3.63) is 28.2 Å². The van der Waals surface area contributed by atoms with Crippen LogP contribution in [0, 0.1) is 5.92 Å². The van der Waals surface area contributed by atoms with Gasteiger partial charge in [-0.15, -0.1) is 0 Å². The highest BCUT2D eigenvalue weighted by Gasteiger charge is 2.05. The number of rotatable bonds is 5. The molecule has 0 saturated heterocycles. The Balaban J connectivity index is 2.43. The molecular weight excluding hydrogens is 275 g/mol. The summed E-state index contributed by atoms with van der Waals surface area (Å²) in [5.74, 6) is 0.332. The van der Waals surface area contributed by atoms with E-state index in [2.05, 4.69) is 10.5 Å². The number of nitrogens with one attached hydrogen (secondary N) is 1. The van der Waals surface area contributed by atoms with E-state index in [4.69, 9.17) is 27.9 Å². The summed E-state index contributed by atoms with van der Waals surface area (Å²) in [7, 11) is 0. The van der Waals surface area contributed by atoms with Gasteiger partial charge in [-0.25, -0.2) is 5.43 Å². The van der Waals surface area contributed by atoms with E-state index in [-0.39, 0.29) is 18.4 Å². The fraction of sp³-hybridized carbons (Fsp3) is 0.333. The van der Waals surface area contributed by atoms with Gasteiger partial charge in [-0.2, -0.15) is 5.10 Å². The van der Waals surface area contributed by atoms with Gasteiger partial charge >= 0.3 is 0 Å². The summed E-state index contributed by atoms with van der Waals surface area (Å²) in [6.45, 7) is 3.76. The van der Waals surface area contributed by atoms with Crippen molar-refractivity contribution in [2.75, 3.05) is 6.61 Å². The Morgan fingerprint density at radius 3 is 2.83 bits per heavy atom. The number of hydrazone groups is 1. The van der Waals surface area contributed by atoms with E-state index in [9.17, 15) is 4.79 Å². The molecule has 0 aromatic heterocycles. The van der Waals surface area contributed by atoms with Gasteiger partial charge in [-0.1, -0.05) is 37.0 Å². The van der Waals surface area contributed by atoms with E-state index >= 15 is 0 Å². The Bertz CT molecular complexity index is 448. The third-order valence-corrected chi connectivity index (χ3v) is 2.35.